The Morgan fingerprint density at radius 3 is 2.89 bits per heavy atom. The number of anilines is 1. The molecule has 1 aromatic heterocycles. The minimum Gasteiger partial charge on any atom is -0.497 e. The van der Waals surface area contributed by atoms with E-state index < -0.39 is 0 Å². The van der Waals surface area contributed by atoms with Gasteiger partial charge in [-0.05, 0) is 35.9 Å². The van der Waals surface area contributed by atoms with E-state index in [4.69, 9.17) is 10.5 Å². The van der Waals surface area contributed by atoms with E-state index in [-0.39, 0.29) is 11.2 Å². The lowest BCUT2D eigenvalue weighted by Gasteiger charge is -2.10. The highest BCUT2D eigenvalue weighted by Crippen LogP contribution is 2.22. The molecule has 0 aliphatic rings. The molecule has 18 heavy (non-hydrogen) atoms. The van der Waals surface area contributed by atoms with Crippen molar-refractivity contribution in [3.8, 4) is 5.75 Å². The number of methoxy groups -OCH3 is 1. The molecule has 0 fully saturated rings. The summed E-state index contributed by atoms with van der Waals surface area (Å²) in [6, 6.07) is 8.99. The minimum absolute atomic E-state index is 0.188. The highest BCUT2D eigenvalue weighted by molar-refractivity contribution is 9.10. The Hall–Kier alpha value is -1.75. The topological polar surface area (TPSA) is 57.2 Å². The number of pyridine rings is 1. The normalized spacial score (nSPS) is 10.3. The summed E-state index contributed by atoms with van der Waals surface area (Å²) in [6.45, 7) is 0.446. The van der Waals surface area contributed by atoms with E-state index in [2.05, 4.69) is 15.9 Å². The number of nitrogens with zero attached hydrogens (tertiary/aromatic N) is 1. The van der Waals surface area contributed by atoms with Gasteiger partial charge in [-0.15, -0.1) is 0 Å². The standard InChI is InChI=1S/C13H13BrN2O2/c1-18-10-4-5-11(14)9(7-10)8-16-6-2-3-12(15)13(16)17/h2-7H,8,15H2,1H3. The molecule has 2 aromatic rings. The van der Waals surface area contributed by atoms with Crippen molar-refractivity contribution < 1.29 is 4.74 Å². The molecule has 0 bridgehead atoms. The molecule has 0 saturated carbocycles. The molecule has 0 spiro atoms. The zero-order valence-electron chi connectivity index (χ0n) is 9.89. The van der Waals surface area contributed by atoms with Crippen LogP contribution >= 0.6 is 15.9 Å². The monoisotopic (exact) mass is 308 g/mol. The first-order chi connectivity index (χ1) is 8.61. The molecule has 2 N–H and O–H groups in total. The Morgan fingerprint density at radius 2 is 2.17 bits per heavy atom. The molecule has 94 valence electrons. The highest BCUT2D eigenvalue weighted by atomic mass is 79.9. The van der Waals surface area contributed by atoms with Crippen LogP contribution in [0.15, 0.2) is 45.8 Å². The SMILES string of the molecule is COc1ccc(Br)c(Cn2cccc(N)c2=O)c1. The Bertz CT molecular complexity index is 623. The maximum atomic E-state index is 11.8. The minimum atomic E-state index is -0.188. The molecule has 0 unspecified atom stereocenters. The van der Waals surface area contributed by atoms with E-state index in [9.17, 15) is 4.79 Å². The molecule has 0 saturated heterocycles. The van der Waals surface area contributed by atoms with Gasteiger partial charge in [0, 0.05) is 10.7 Å². The van der Waals surface area contributed by atoms with Crippen molar-refractivity contribution >= 4 is 21.6 Å². The van der Waals surface area contributed by atoms with Crippen molar-refractivity contribution in [2.24, 2.45) is 0 Å². The van der Waals surface area contributed by atoms with Crippen LogP contribution in [0.25, 0.3) is 0 Å². The summed E-state index contributed by atoms with van der Waals surface area (Å²) < 4.78 is 7.66. The van der Waals surface area contributed by atoms with E-state index in [1.54, 1.807) is 30.0 Å². The van der Waals surface area contributed by atoms with Crippen LogP contribution in [-0.4, -0.2) is 11.7 Å². The Balaban J connectivity index is 2.39. The largest absolute Gasteiger partial charge is 0.497 e. The number of rotatable bonds is 3. The highest BCUT2D eigenvalue weighted by Gasteiger charge is 2.05. The van der Waals surface area contributed by atoms with Crippen LogP contribution in [0, 0.1) is 0 Å². The summed E-state index contributed by atoms with van der Waals surface area (Å²) in [5.41, 5.74) is 6.62. The maximum absolute atomic E-state index is 11.8. The number of ether oxygens (including phenoxy) is 1. The lowest BCUT2D eigenvalue weighted by atomic mass is 10.2. The van der Waals surface area contributed by atoms with Crippen molar-refractivity contribution in [2.75, 3.05) is 12.8 Å². The van der Waals surface area contributed by atoms with Gasteiger partial charge in [0.15, 0.2) is 0 Å². The molecule has 0 radical (unpaired) electrons. The van der Waals surface area contributed by atoms with Crippen LogP contribution in [-0.2, 0) is 6.54 Å². The smallest absolute Gasteiger partial charge is 0.273 e. The average molecular weight is 309 g/mol. The number of nitrogen functional groups attached to an aromatic ring is 1. The third kappa shape index (κ3) is 2.56. The number of nitrogens with two attached hydrogens (primary N) is 1. The molecule has 0 amide bonds. The summed E-state index contributed by atoms with van der Waals surface area (Å²) in [6.07, 6.45) is 1.71. The fraction of sp³-hybridized carbons (Fsp3) is 0.154. The summed E-state index contributed by atoms with van der Waals surface area (Å²) in [5.74, 6) is 0.755. The molecule has 1 aromatic carbocycles. The molecule has 5 heteroatoms. The van der Waals surface area contributed by atoms with Gasteiger partial charge in [-0.3, -0.25) is 4.79 Å². The molecular weight excluding hydrogens is 296 g/mol. The summed E-state index contributed by atoms with van der Waals surface area (Å²) in [5, 5.41) is 0. The number of benzene rings is 1. The van der Waals surface area contributed by atoms with Gasteiger partial charge in [-0.2, -0.15) is 0 Å². The first kappa shape index (κ1) is 12.7. The molecule has 0 aliphatic carbocycles. The molecule has 0 aliphatic heterocycles. The molecule has 2 rings (SSSR count). The second-order valence-electron chi connectivity index (χ2n) is 3.85. The Kier molecular flexibility index (Phi) is 3.72. The molecule has 1 heterocycles. The van der Waals surface area contributed by atoms with Crippen LogP contribution in [0.3, 0.4) is 0 Å². The van der Waals surface area contributed by atoms with Gasteiger partial charge < -0.3 is 15.0 Å². The van der Waals surface area contributed by atoms with E-state index >= 15 is 0 Å². The Morgan fingerprint density at radius 1 is 1.39 bits per heavy atom. The van der Waals surface area contributed by atoms with Crippen LogP contribution in [0.1, 0.15) is 5.56 Å². The van der Waals surface area contributed by atoms with Crippen molar-refractivity contribution in [3.63, 3.8) is 0 Å². The van der Waals surface area contributed by atoms with Crippen LogP contribution in [0.4, 0.5) is 5.69 Å². The van der Waals surface area contributed by atoms with Gasteiger partial charge in [-0.25, -0.2) is 0 Å². The second-order valence-corrected chi connectivity index (χ2v) is 4.71. The van der Waals surface area contributed by atoms with Crippen molar-refractivity contribution in [3.05, 3.63) is 56.9 Å². The predicted molar refractivity (Wildman–Crippen MR) is 74.9 cm³/mol. The van der Waals surface area contributed by atoms with Crippen molar-refractivity contribution in [2.45, 2.75) is 6.54 Å². The van der Waals surface area contributed by atoms with Crippen molar-refractivity contribution in [1.29, 1.82) is 0 Å². The van der Waals surface area contributed by atoms with Crippen LogP contribution < -0.4 is 16.0 Å². The molecule has 0 atom stereocenters. The lowest BCUT2D eigenvalue weighted by molar-refractivity contribution is 0.414. The quantitative estimate of drug-likeness (QED) is 0.946. The number of halogens is 1. The van der Waals surface area contributed by atoms with Crippen LogP contribution in [0.2, 0.25) is 0 Å². The van der Waals surface area contributed by atoms with Crippen molar-refractivity contribution in [1.82, 2.24) is 4.57 Å². The zero-order chi connectivity index (χ0) is 13.1. The third-order valence-corrected chi connectivity index (χ3v) is 3.42. The third-order valence-electron chi connectivity index (χ3n) is 2.64. The number of hydrogen-bond acceptors (Lipinski definition) is 3. The zero-order valence-corrected chi connectivity index (χ0v) is 11.5. The van der Waals surface area contributed by atoms with Gasteiger partial charge >= 0.3 is 0 Å². The average Bonchev–Trinajstić information content (AvgIpc) is 2.37. The van der Waals surface area contributed by atoms with Gasteiger partial charge in [-0.1, -0.05) is 15.9 Å². The maximum Gasteiger partial charge on any atom is 0.273 e. The van der Waals surface area contributed by atoms with E-state index in [1.807, 2.05) is 18.2 Å². The fourth-order valence-corrected chi connectivity index (χ4v) is 2.03. The summed E-state index contributed by atoms with van der Waals surface area (Å²) in [4.78, 5) is 11.8. The lowest BCUT2D eigenvalue weighted by Crippen LogP contribution is -2.22. The van der Waals surface area contributed by atoms with E-state index in [0.29, 0.717) is 6.54 Å². The molecular formula is C13H13BrN2O2. The Labute approximate surface area is 113 Å². The first-order valence-corrected chi connectivity index (χ1v) is 6.18. The van der Waals surface area contributed by atoms with Gasteiger partial charge in [0.05, 0.1) is 19.3 Å². The first-order valence-electron chi connectivity index (χ1n) is 5.39. The predicted octanol–water partition coefficient (Wildman–Crippen LogP) is 2.25. The van der Waals surface area contributed by atoms with Gasteiger partial charge in [0.2, 0.25) is 0 Å². The fourth-order valence-electron chi connectivity index (χ4n) is 1.66. The van der Waals surface area contributed by atoms with E-state index in [0.717, 1.165) is 15.8 Å². The van der Waals surface area contributed by atoms with E-state index in [1.165, 1.54) is 0 Å². The van der Waals surface area contributed by atoms with Gasteiger partial charge in [0.25, 0.3) is 5.56 Å². The van der Waals surface area contributed by atoms with Gasteiger partial charge in [0.1, 0.15) is 5.75 Å². The number of aromatic nitrogens is 1. The molecule has 4 nitrogen and oxygen atoms in total. The van der Waals surface area contributed by atoms with Crippen LogP contribution in [0.5, 0.6) is 5.75 Å². The summed E-state index contributed by atoms with van der Waals surface area (Å²) >= 11 is 3.46. The number of hydrogen-bond donors (Lipinski definition) is 1. The second kappa shape index (κ2) is 5.27. The summed E-state index contributed by atoms with van der Waals surface area (Å²) in [7, 11) is 1.61.